The van der Waals surface area contributed by atoms with Crippen molar-refractivity contribution in [1.82, 2.24) is 9.97 Å². The molecule has 0 saturated carbocycles. The molecule has 2 aromatic heterocycles. The lowest BCUT2D eigenvalue weighted by atomic mass is 10.1. The second-order valence-corrected chi connectivity index (χ2v) is 4.40. The molecule has 104 valence electrons. The number of aromatic nitrogens is 2. The Hall–Kier alpha value is -2.43. The van der Waals surface area contributed by atoms with Crippen LogP contribution in [-0.2, 0) is 6.42 Å². The van der Waals surface area contributed by atoms with Gasteiger partial charge in [0.1, 0.15) is 11.6 Å². The van der Waals surface area contributed by atoms with Gasteiger partial charge in [0.05, 0.1) is 0 Å². The van der Waals surface area contributed by atoms with Gasteiger partial charge in [0, 0.05) is 24.5 Å². The van der Waals surface area contributed by atoms with Crippen molar-refractivity contribution in [2.45, 2.75) is 19.8 Å². The molecular weight excluding hydrogens is 252 g/mol. The fourth-order valence-corrected chi connectivity index (χ4v) is 1.86. The van der Waals surface area contributed by atoms with Gasteiger partial charge in [0.15, 0.2) is 0 Å². The number of nitrogens with one attached hydrogen (secondary N) is 2. The number of aryl methyl sites for hydroxylation is 1. The van der Waals surface area contributed by atoms with Gasteiger partial charge < -0.3 is 10.6 Å². The highest BCUT2D eigenvalue weighted by atomic mass is 16.1. The van der Waals surface area contributed by atoms with Crippen molar-refractivity contribution in [3.05, 3.63) is 47.8 Å². The number of nitrogens with zero attached hydrogens (tertiary/aromatic N) is 2. The second kappa shape index (κ2) is 6.65. The Morgan fingerprint density at radius 3 is 2.75 bits per heavy atom. The summed E-state index contributed by atoms with van der Waals surface area (Å²) in [5.74, 6) is 1.06. The van der Waals surface area contributed by atoms with Gasteiger partial charge in [-0.3, -0.25) is 4.79 Å². The molecule has 0 atom stereocenters. The zero-order valence-electron chi connectivity index (χ0n) is 11.7. The molecule has 0 spiro atoms. The van der Waals surface area contributed by atoms with E-state index in [0.29, 0.717) is 17.2 Å². The molecule has 0 aliphatic heterocycles. The van der Waals surface area contributed by atoms with Crippen LogP contribution < -0.4 is 10.6 Å². The summed E-state index contributed by atoms with van der Waals surface area (Å²) in [6, 6.07) is 8.95. The topological polar surface area (TPSA) is 66.9 Å². The number of carbonyl (C=O) groups excluding carboxylic acids is 1. The highest BCUT2D eigenvalue weighted by Gasteiger charge is 2.10. The molecule has 0 radical (unpaired) electrons. The summed E-state index contributed by atoms with van der Waals surface area (Å²) in [5.41, 5.74) is 1.49. The van der Waals surface area contributed by atoms with Crippen LogP contribution in [-0.4, -0.2) is 22.9 Å². The summed E-state index contributed by atoms with van der Waals surface area (Å²) in [6.07, 6.45) is 3.48. The van der Waals surface area contributed by atoms with Crippen LogP contribution in [0.4, 0.5) is 11.6 Å². The molecule has 2 rings (SSSR count). The number of hydrogen-bond acceptors (Lipinski definition) is 4. The van der Waals surface area contributed by atoms with Crippen molar-refractivity contribution >= 4 is 17.5 Å². The van der Waals surface area contributed by atoms with E-state index in [4.69, 9.17) is 0 Å². The van der Waals surface area contributed by atoms with Crippen molar-refractivity contribution in [2.24, 2.45) is 0 Å². The van der Waals surface area contributed by atoms with Crippen LogP contribution in [0.5, 0.6) is 0 Å². The van der Waals surface area contributed by atoms with Gasteiger partial charge in [0.25, 0.3) is 5.91 Å². The van der Waals surface area contributed by atoms with E-state index in [-0.39, 0.29) is 5.91 Å². The van der Waals surface area contributed by atoms with Crippen molar-refractivity contribution in [1.29, 1.82) is 0 Å². The predicted octanol–water partition coefficient (Wildman–Crippen LogP) is 2.72. The molecule has 0 fully saturated rings. The monoisotopic (exact) mass is 270 g/mol. The fourth-order valence-electron chi connectivity index (χ4n) is 1.86. The van der Waals surface area contributed by atoms with Crippen molar-refractivity contribution in [3.63, 3.8) is 0 Å². The van der Waals surface area contributed by atoms with Crippen molar-refractivity contribution < 1.29 is 4.79 Å². The number of carbonyl (C=O) groups is 1. The summed E-state index contributed by atoms with van der Waals surface area (Å²) in [4.78, 5) is 20.7. The summed E-state index contributed by atoms with van der Waals surface area (Å²) in [7, 11) is 1.79. The molecule has 5 heteroatoms. The number of anilines is 2. The Morgan fingerprint density at radius 2 is 2.10 bits per heavy atom. The average molecular weight is 270 g/mol. The molecule has 0 aromatic carbocycles. The second-order valence-electron chi connectivity index (χ2n) is 4.40. The van der Waals surface area contributed by atoms with E-state index in [1.807, 2.05) is 12.1 Å². The van der Waals surface area contributed by atoms with E-state index in [0.717, 1.165) is 18.5 Å². The summed E-state index contributed by atoms with van der Waals surface area (Å²) >= 11 is 0. The lowest BCUT2D eigenvalue weighted by molar-refractivity contribution is 0.102. The molecular formula is C15H18N4O. The first-order valence-electron chi connectivity index (χ1n) is 6.64. The van der Waals surface area contributed by atoms with E-state index >= 15 is 0 Å². The van der Waals surface area contributed by atoms with Crippen LogP contribution in [0.3, 0.4) is 0 Å². The van der Waals surface area contributed by atoms with E-state index in [9.17, 15) is 4.79 Å². The predicted molar refractivity (Wildman–Crippen MR) is 80.0 cm³/mol. The van der Waals surface area contributed by atoms with Gasteiger partial charge in [0.2, 0.25) is 0 Å². The highest BCUT2D eigenvalue weighted by molar-refractivity contribution is 6.04. The average Bonchev–Trinajstić information content (AvgIpc) is 2.48. The normalized spacial score (nSPS) is 10.1. The SMILES string of the molecule is CCCc1cc(C(=O)Nc2ccccn2)cc(NC)n1. The zero-order chi connectivity index (χ0) is 14.4. The molecule has 0 bridgehead atoms. The Morgan fingerprint density at radius 1 is 1.25 bits per heavy atom. The molecule has 1 amide bonds. The Kier molecular flexibility index (Phi) is 4.65. The van der Waals surface area contributed by atoms with Crippen molar-refractivity contribution in [3.8, 4) is 0 Å². The molecule has 5 nitrogen and oxygen atoms in total. The van der Waals surface area contributed by atoms with Gasteiger partial charge in [-0.25, -0.2) is 9.97 Å². The fraction of sp³-hybridized carbons (Fsp3) is 0.267. The number of rotatable bonds is 5. The summed E-state index contributed by atoms with van der Waals surface area (Å²) in [5, 5.41) is 5.75. The standard InChI is InChI=1S/C15H18N4O/c1-3-6-12-9-11(10-14(16-2)18-12)15(20)19-13-7-4-5-8-17-13/h4-5,7-10H,3,6H2,1-2H3,(H,16,18)(H,17,19,20). The highest BCUT2D eigenvalue weighted by Crippen LogP contribution is 2.13. The minimum atomic E-state index is -0.181. The zero-order valence-corrected chi connectivity index (χ0v) is 11.7. The van der Waals surface area contributed by atoms with Gasteiger partial charge in [-0.2, -0.15) is 0 Å². The van der Waals surface area contributed by atoms with E-state index in [2.05, 4.69) is 27.5 Å². The molecule has 2 N–H and O–H groups in total. The van der Waals surface area contributed by atoms with Crippen LogP contribution in [0.25, 0.3) is 0 Å². The Labute approximate surface area is 118 Å². The first-order chi connectivity index (χ1) is 9.72. The number of pyridine rings is 2. The van der Waals surface area contributed by atoms with Gasteiger partial charge in [-0.1, -0.05) is 19.4 Å². The van der Waals surface area contributed by atoms with Gasteiger partial charge >= 0.3 is 0 Å². The van der Waals surface area contributed by atoms with Crippen LogP contribution in [0.2, 0.25) is 0 Å². The molecule has 0 aliphatic rings. The Bertz CT molecular complexity index is 584. The molecule has 2 heterocycles. The van der Waals surface area contributed by atoms with Crippen molar-refractivity contribution in [2.75, 3.05) is 17.7 Å². The maximum absolute atomic E-state index is 12.2. The third-order valence-corrected chi connectivity index (χ3v) is 2.81. The van der Waals surface area contributed by atoms with Crippen LogP contribution >= 0.6 is 0 Å². The third kappa shape index (κ3) is 3.54. The van der Waals surface area contributed by atoms with E-state index in [1.165, 1.54) is 0 Å². The quantitative estimate of drug-likeness (QED) is 0.876. The molecule has 2 aromatic rings. The van der Waals surface area contributed by atoms with Crippen LogP contribution in [0.1, 0.15) is 29.4 Å². The lowest BCUT2D eigenvalue weighted by Gasteiger charge is -2.08. The first-order valence-corrected chi connectivity index (χ1v) is 6.64. The van der Waals surface area contributed by atoms with Gasteiger partial charge in [-0.05, 0) is 30.7 Å². The molecule has 0 aliphatic carbocycles. The van der Waals surface area contributed by atoms with Crippen LogP contribution in [0.15, 0.2) is 36.5 Å². The molecule has 0 saturated heterocycles. The van der Waals surface area contributed by atoms with E-state index < -0.39 is 0 Å². The maximum atomic E-state index is 12.2. The molecule has 20 heavy (non-hydrogen) atoms. The summed E-state index contributed by atoms with van der Waals surface area (Å²) in [6.45, 7) is 2.08. The Balaban J connectivity index is 2.22. The summed E-state index contributed by atoms with van der Waals surface area (Å²) < 4.78 is 0. The minimum absolute atomic E-state index is 0.181. The van der Waals surface area contributed by atoms with Crippen LogP contribution in [0, 0.1) is 0 Å². The van der Waals surface area contributed by atoms with Gasteiger partial charge in [-0.15, -0.1) is 0 Å². The number of hydrogen-bond donors (Lipinski definition) is 2. The smallest absolute Gasteiger partial charge is 0.257 e. The van der Waals surface area contributed by atoms with E-state index in [1.54, 1.807) is 31.4 Å². The molecule has 0 unspecified atom stereocenters. The minimum Gasteiger partial charge on any atom is -0.373 e. The number of amides is 1. The maximum Gasteiger partial charge on any atom is 0.257 e. The third-order valence-electron chi connectivity index (χ3n) is 2.81. The largest absolute Gasteiger partial charge is 0.373 e. The lowest BCUT2D eigenvalue weighted by Crippen LogP contribution is -2.14. The first kappa shape index (κ1) is 14.0.